The molecule has 0 aromatic heterocycles. The van der Waals surface area contributed by atoms with E-state index in [1.807, 2.05) is 13.8 Å². The molecule has 0 spiro atoms. The molecule has 0 aliphatic rings. The second kappa shape index (κ2) is 8.81. The van der Waals surface area contributed by atoms with Crippen LogP contribution >= 0.6 is 0 Å². The first kappa shape index (κ1) is 16.8. The van der Waals surface area contributed by atoms with Crippen LogP contribution in [0, 0.1) is 0 Å². The summed E-state index contributed by atoms with van der Waals surface area (Å²) in [5.41, 5.74) is 0.560. The minimum Gasteiger partial charge on any atom is -0.494 e. The number of benzene rings is 1. The summed E-state index contributed by atoms with van der Waals surface area (Å²) in [7, 11) is -3.30. The lowest BCUT2D eigenvalue weighted by Gasteiger charge is -2.09. The molecule has 0 aliphatic carbocycles. The summed E-state index contributed by atoms with van der Waals surface area (Å²) in [6.45, 7) is 6.03. The molecule has 0 bridgehead atoms. The maximum Gasteiger partial charge on any atom is 0.233 e. The summed E-state index contributed by atoms with van der Waals surface area (Å²) in [4.78, 5) is 0. The zero-order valence-electron chi connectivity index (χ0n) is 12.2. The van der Waals surface area contributed by atoms with E-state index in [1.54, 1.807) is 24.3 Å². The monoisotopic (exact) mass is 300 g/mol. The van der Waals surface area contributed by atoms with Gasteiger partial charge in [-0.2, -0.15) is 0 Å². The van der Waals surface area contributed by atoms with Crippen molar-refractivity contribution in [3.63, 3.8) is 0 Å². The number of anilines is 1. The van der Waals surface area contributed by atoms with Crippen LogP contribution in [0.2, 0.25) is 0 Å². The average Bonchev–Trinajstić information content (AvgIpc) is 2.42. The van der Waals surface area contributed by atoms with Crippen molar-refractivity contribution < 1.29 is 13.2 Å². The van der Waals surface area contributed by atoms with Crippen LogP contribution in [0.15, 0.2) is 24.3 Å². The quantitative estimate of drug-likeness (QED) is 0.650. The molecule has 1 aromatic rings. The van der Waals surface area contributed by atoms with Crippen LogP contribution in [-0.2, 0) is 10.0 Å². The Balaban J connectivity index is 2.46. The van der Waals surface area contributed by atoms with Gasteiger partial charge in [0, 0.05) is 12.2 Å². The first-order valence-electron chi connectivity index (χ1n) is 7.01. The number of nitrogens with one attached hydrogen (secondary N) is 2. The number of ether oxygens (including phenoxy) is 1. The number of hydrogen-bond acceptors (Lipinski definition) is 4. The zero-order chi connectivity index (χ0) is 14.8. The van der Waals surface area contributed by atoms with E-state index in [-0.39, 0.29) is 5.75 Å². The SMILES string of the molecule is CCCNCCS(=O)(=O)Nc1ccc(OCCC)cc1. The van der Waals surface area contributed by atoms with E-state index in [2.05, 4.69) is 10.0 Å². The van der Waals surface area contributed by atoms with Crippen LogP contribution in [0.5, 0.6) is 5.75 Å². The van der Waals surface area contributed by atoms with E-state index in [9.17, 15) is 8.42 Å². The van der Waals surface area contributed by atoms with Crippen molar-refractivity contribution in [2.75, 3.05) is 30.2 Å². The summed E-state index contributed by atoms with van der Waals surface area (Å²) < 4.78 is 31.7. The molecule has 5 nitrogen and oxygen atoms in total. The Morgan fingerprint density at radius 3 is 2.35 bits per heavy atom. The topological polar surface area (TPSA) is 67.4 Å². The minimum absolute atomic E-state index is 0.0705. The van der Waals surface area contributed by atoms with Gasteiger partial charge in [-0.3, -0.25) is 4.72 Å². The molecule has 0 amide bonds. The van der Waals surface area contributed by atoms with Gasteiger partial charge in [0.1, 0.15) is 5.75 Å². The van der Waals surface area contributed by atoms with E-state index >= 15 is 0 Å². The lowest BCUT2D eigenvalue weighted by Crippen LogP contribution is -2.27. The summed E-state index contributed by atoms with van der Waals surface area (Å²) in [5, 5.41) is 3.07. The molecule has 1 aromatic carbocycles. The first-order chi connectivity index (χ1) is 9.57. The number of sulfonamides is 1. The second-order valence-corrected chi connectivity index (χ2v) is 6.39. The van der Waals surface area contributed by atoms with Crippen molar-refractivity contribution in [3.8, 4) is 5.75 Å². The van der Waals surface area contributed by atoms with E-state index in [0.717, 1.165) is 25.1 Å². The molecule has 0 saturated heterocycles. The van der Waals surface area contributed by atoms with Crippen molar-refractivity contribution in [2.24, 2.45) is 0 Å². The molecule has 0 heterocycles. The lowest BCUT2D eigenvalue weighted by molar-refractivity contribution is 0.317. The van der Waals surface area contributed by atoms with Gasteiger partial charge in [0.05, 0.1) is 12.4 Å². The van der Waals surface area contributed by atoms with Crippen molar-refractivity contribution in [1.29, 1.82) is 0 Å². The smallest absolute Gasteiger partial charge is 0.233 e. The minimum atomic E-state index is -3.30. The van der Waals surface area contributed by atoms with Gasteiger partial charge in [0.2, 0.25) is 10.0 Å². The van der Waals surface area contributed by atoms with Crippen LogP contribution < -0.4 is 14.8 Å². The largest absolute Gasteiger partial charge is 0.494 e. The molecule has 0 fully saturated rings. The fraction of sp³-hybridized carbons (Fsp3) is 0.571. The maximum absolute atomic E-state index is 11.8. The van der Waals surface area contributed by atoms with Crippen LogP contribution in [0.25, 0.3) is 0 Å². The van der Waals surface area contributed by atoms with Gasteiger partial charge >= 0.3 is 0 Å². The fourth-order valence-electron chi connectivity index (χ4n) is 1.58. The maximum atomic E-state index is 11.8. The van der Waals surface area contributed by atoms with Gasteiger partial charge in [0.15, 0.2) is 0 Å². The van der Waals surface area contributed by atoms with Crippen LogP contribution in [0.4, 0.5) is 5.69 Å². The Bertz CT molecular complexity index is 472. The second-order valence-electron chi connectivity index (χ2n) is 4.54. The van der Waals surface area contributed by atoms with Crippen molar-refractivity contribution >= 4 is 15.7 Å². The average molecular weight is 300 g/mol. The van der Waals surface area contributed by atoms with Crippen LogP contribution in [0.3, 0.4) is 0 Å². The molecule has 0 saturated carbocycles. The first-order valence-corrected chi connectivity index (χ1v) is 8.66. The molecule has 114 valence electrons. The molecule has 20 heavy (non-hydrogen) atoms. The number of hydrogen-bond donors (Lipinski definition) is 2. The van der Waals surface area contributed by atoms with Gasteiger partial charge in [-0.25, -0.2) is 8.42 Å². The molecule has 0 unspecified atom stereocenters. The lowest BCUT2D eigenvalue weighted by atomic mass is 10.3. The van der Waals surface area contributed by atoms with E-state index in [1.165, 1.54) is 0 Å². The van der Waals surface area contributed by atoms with Crippen molar-refractivity contribution in [3.05, 3.63) is 24.3 Å². The Kier molecular flexibility index (Phi) is 7.40. The summed E-state index contributed by atoms with van der Waals surface area (Å²) in [6, 6.07) is 6.95. The van der Waals surface area contributed by atoms with Crippen molar-refractivity contribution in [1.82, 2.24) is 5.32 Å². The molecule has 0 radical (unpaired) electrons. The molecule has 6 heteroatoms. The normalized spacial score (nSPS) is 11.3. The van der Waals surface area contributed by atoms with Crippen LogP contribution in [-0.4, -0.2) is 33.9 Å². The fourth-order valence-corrected chi connectivity index (χ4v) is 2.59. The highest BCUT2D eigenvalue weighted by atomic mass is 32.2. The van der Waals surface area contributed by atoms with Crippen LogP contribution in [0.1, 0.15) is 26.7 Å². The predicted octanol–water partition coefficient (Wildman–Crippen LogP) is 2.22. The molecule has 0 atom stereocenters. The molecule has 1 rings (SSSR count). The molecular formula is C14H24N2O3S. The molecular weight excluding hydrogens is 276 g/mol. The van der Waals surface area contributed by atoms with Gasteiger partial charge < -0.3 is 10.1 Å². The molecule has 0 aliphatic heterocycles. The zero-order valence-corrected chi connectivity index (χ0v) is 13.0. The van der Waals surface area contributed by atoms with Gasteiger partial charge in [-0.05, 0) is 43.7 Å². The Labute approximate surface area is 121 Å². The number of rotatable bonds is 10. The Morgan fingerprint density at radius 2 is 1.75 bits per heavy atom. The highest BCUT2D eigenvalue weighted by molar-refractivity contribution is 7.92. The van der Waals surface area contributed by atoms with E-state index in [0.29, 0.717) is 18.8 Å². The van der Waals surface area contributed by atoms with E-state index in [4.69, 9.17) is 4.74 Å². The summed E-state index contributed by atoms with van der Waals surface area (Å²) in [5.74, 6) is 0.820. The highest BCUT2D eigenvalue weighted by Gasteiger charge is 2.09. The standard InChI is InChI=1S/C14H24N2O3S/c1-3-9-15-10-12-20(17,18)16-13-5-7-14(8-6-13)19-11-4-2/h5-8,15-16H,3-4,9-12H2,1-2H3. The van der Waals surface area contributed by atoms with E-state index < -0.39 is 10.0 Å². The molecule has 2 N–H and O–H groups in total. The van der Waals surface area contributed by atoms with Gasteiger partial charge in [0.25, 0.3) is 0 Å². The van der Waals surface area contributed by atoms with Gasteiger partial charge in [-0.15, -0.1) is 0 Å². The highest BCUT2D eigenvalue weighted by Crippen LogP contribution is 2.16. The third-order valence-electron chi connectivity index (χ3n) is 2.57. The summed E-state index contributed by atoms with van der Waals surface area (Å²) in [6.07, 6.45) is 1.94. The third-order valence-corrected chi connectivity index (χ3v) is 3.86. The Hall–Kier alpha value is -1.27. The Morgan fingerprint density at radius 1 is 1.05 bits per heavy atom. The predicted molar refractivity (Wildman–Crippen MR) is 82.8 cm³/mol. The third kappa shape index (κ3) is 6.77. The summed E-state index contributed by atoms with van der Waals surface area (Å²) >= 11 is 0. The van der Waals surface area contributed by atoms with Gasteiger partial charge in [-0.1, -0.05) is 13.8 Å². The van der Waals surface area contributed by atoms with Crippen molar-refractivity contribution in [2.45, 2.75) is 26.7 Å².